The Morgan fingerprint density at radius 3 is 2.37 bits per heavy atom. The number of ether oxygens (including phenoxy) is 1. The lowest BCUT2D eigenvalue weighted by atomic mass is 10.1. The first kappa shape index (κ1) is 13.8. The van der Waals surface area contributed by atoms with Crippen molar-refractivity contribution in [1.82, 2.24) is 4.98 Å². The predicted octanol–water partition coefficient (Wildman–Crippen LogP) is 3.40. The van der Waals surface area contributed by atoms with Crippen LogP contribution in [0.2, 0.25) is 0 Å². The highest BCUT2D eigenvalue weighted by molar-refractivity contribution is 7.09. The Hall–Kier alpha value is -1.60. The molecular formula is C12H11F3N2OS. The standard InChI is InChI=1S/C12H11F3N2OS/c1-7-6-19-11(17-7)10(16)8-2-4-9(5-3-8)18-12(13,14)15/h2-6,10H,16H2,1H3. The summed E-state index contributed by atoms with van der Waals surface area (Å²) < 4.78 is 39.8. The molecular weight excluding hydrogens is 277 g/mol. The van der Waals surface area contributed by atoms with Crippen molar-refractivity contribution in [2.45, 2.75) is 19.3 Å². The van der Waals surface area contributed by atoms with Crippen LogP contribution >= 0.6 is 11.3 Å². The molecule has 102 valence electrons. The molecule has 0 aliphatic carbocycles. The zero-order chi connectivity index (χ0) is 14.0. The van der Waals surface area contributed by atoms with E-state index in [1.54, 1.807) is 0 Å². The molecule has 1 atom stereocenters. The molecule has 1 aromatic heterocycles. The number of halogens is 3. The van der Waals surface area contributed by atoms with Crippen molar-refractivity contribution in [3.63, 3.8) is 0 Å². The molecule has 3 nitrogen and oxygen atoms in total. The van der Waals surface area contributed by atoms with Gasteiger partial charge in [-0.1, -0.05) is 12.1 Å². The Kier molecular flexibility index (Phi) is 3.77. The third-order valence-corrected chi connectivity index (χ3v) is 3.42. The van der Waals surface area contributed by atoms with E-state index >= 15 is 0 Å². The maximum atomic E-state index is 12.0. The number of nitrogens with zero attached hydrogens (tertiary/aromatic N) is 1. The maximum Gasteiger partial charge on any atom is 0.573 e. The molecule has 0 saturated carbocycles. The number of hydrogen-bond acceptors (Lipinski definition) is 4. The summed E-state index contributed by atoms with van der Waals surface area (Å²) in [5, 5.41) is 2.60. The fourth-order valence-electron chi connectivity index (χ4n) is 1.53. The Balaban J connectivity index is 2.14. The van der Waals surface area contributed by atoms with E-state index in [4.69, 9.17) is 5.73 Å². The van der Waals surface area contributed by atoms with E-state index in [0.29, 0.717) is 5.56 Å². The van der Waals surface area contributed by atoms with Gasteiger partial charge in [0.15, 0.2) is 0 Å². The molecule has 0 spiro atoms. The van der Waals surface area contributed by atoms with Gasteiger partial charge in [-0.3, -0.25) is 0 Å². The van der Waals surface area contributed by atoms with E-state index in [0.717, 1.165) is 10.7 Å². The predicted molar refractivity (Wildman–Crippen MR) is 66.0 cm³/mol. The number of rotatable bonds is 3. The highest BCUT2D eigenvalue weighted by atomic mass is 32.1. The lowest BCUT2D eigenvalue weighted by Gasteiger charge is -2.11. The first-order valence-electron chi connectivity index (χ1n) is 5.38. The Bertz CT molecular complexity index is 551. The van der Waals surface area contributed by atoms with Gasteiger partial charge in [-0.2, -0.15) is 0 Å². The van der Waals surface area contributed by atoms with E-state index in [-0.39, 0.29) is 5.75 Å². The lowest BCUT2D eigenvalue weighted by molar-refractivity contribution is -0.274. The highest BCUT2D eigenvalue weighted by Crippen LogP contribution is 2.27. The van der Waals surface area contributed by atoms with Gasteiger partial charge in [0.05, 0.1) is 6.04 Å². The summed E-state index contributed by atoms with van der Waals surface area (Å²) in [6.45, 7) is 1.85. The third-order valence-electron chi connectivity index (χ3n) is 2.38. The van der Waals surface area contributed by atoms with Gasteiger partial charge in [0.1, 0.15) is 10.8 Å². The van der Waals surface area contributed by atoms with Crippen LogP contribution in [0.1, 0.15) is 22.3 Å². The van der Waals surface area contributed by atoms with Crippen LogP contribution in [0.4, 0.5) is 13.2 Å². The summed E-state index contributed by atoms with van der Waals surface area (Å²) in [6.07, 6.45) is -4.68. The van der Waals surface area contributed by atoms with E-state index in [1.165, 1.54) is 35.6 Å². The number of nitrogens with two attached hydrogens (primary N) is 1. The molecule has 19 heavy (non-hydrogen) atoms. The maximum absolute atomic E-state index is 12.0. The van der Waals surface area contributed by atoms with Gasteiger partial charge in [-0.05, 0) is 24.6 Å². The number of hydrogen-bond donors (Lipinski definition) is 1. The fraction of sp³-hybridized carbons (Fsp3) is 0.250. The molecule has 2 rings (SSSR count). The van der Waals surface area contributed by atoms with Crippen LogP contribution in [-0.2, 0) is 0 Å². The van der Waals surface area contributed by atoms with Gasteiger partial charge >= 0.3 is 6.36 Å². The van der Waals surface area contributed by atoms with E-state index < -0.39 is 12.4 Å². The minimum atomic E-state index is -4.68. The van der Waals surface area contributed by atoms with Crippen LogP contribution in [0.25, 0.3) is 0 Å². The van der Waals surface area contributed by atoms with Crippen molar-refractivity contribution in [2.24, 2.45) is 5.73 Å². The van der Waals surface area contributed by atoms with Crippen LogP contribution in [-0.4, -0.2) is 11.3 Å². The number of thiazole rings is 1. The van der Waals surface area contributed by atoms with Crippen LogP contribution in [0.3, 0.4) is 0 Å². The van der Waals surface area contributed by atoms with E-state index in [1.807, 2.05) is 12.3 Å². The first-order chi connectivity index (χ1) is 8.85. The summed E-state index contributed by atoms with van der Waals surface area (Å²) >= 11 is 1.42. The first-order valence-corrected chi connectivity index (χ1v) is 6.26. The molecule has 1 heterocycles. The van der Waals surface area contributed by atoms with Crippen molar-refractivity contribution >= 4 is 11.3 Å². The average Bonchev–Trinajstić information content (AvgIpc) is 2.74. The molecule has 7 heteroatoms. The normalized spacial score (nSPS) is 13.3. The number of aryl methyl sites for hydroxylation is 1. The Morgan fingerprint density at radius 1 is 1.26 bits per heavy atom. The second kappa shape index (κ2) is 5.18. The topological polar surface area (TPSA) is 48.1 Å². The van der Waals surface area contributed by atoms with Crippen molar-refractivity contribution in [2.75, 3.05) is 0 Å². The van der Waals surface area contributed by atoms with Gasteiger partial charge in [0.2, 0.25) is 0 Å². The molecule has 0 amide bonds. The van der Waals surface area contributed by atoms with E-state index in [9.17, 15) is 13.2 Å². The van der Waals surface area contributed by atoms with Crippen LogP contribution in [0, 0.1) is 6.92 Å². The zero-order valence-corrected chi connectivity index (χ0v) is 10.8. The molecule has 0 fully saturated rings. The van der Waals surface area contributed by atoms with Gasteiger partial charge in [0, 0.05) is 11.1 Å². The zero-order valence-electron chi connectivity index (χ0n) is 9.94. The van der Waals surface area contributed by atoms with Crippen molar-refractivity contribution in [1.29, 1.82) is 0 Å². The Labute approximate surface area is 111 Å². The molecule has 2 N–H and O–H groups in total. The minimum Gasteiger partial charge on any atom is -0.406 e. The summed E-state index contributed by atoms with van der Waals surface area (Å²) in [5.74, 6) is -0.265. The lowest BCUT2D eigenvalue weighted by Crippen LogP contribution is -2.17. The molecule has 2 aromatic rings. The van der Waals surface area contributed by atoms with E-state index in [2.05, 4.69) is 9.72 Å². The number of benzene rings is 1. The number of aromatic nitrogens is 1. The highest BCUT2D eigenvalue weighted by Gasteiger charge is 2.31. The second-order valence-electron chi connectivity index (χ2n) is 3.92. The van der Waals surface area contributed by atoms with Crippen molar-refractivity contribution in [3.8, 4) is 5.75 Å². The Morgan fingerprint density at radius 2 is 1.89 bits per heavy atom. The summed E-state index contributed by atoms with van der Waals surface area (Å²) in [7, 11) is 0. The molecule has 1 aromatic carbocycles. The van der Waals surface area contributed by atoms with Gasteiger partial charge < -0.3 is 10.5 Å². The van der Waals surface area contributed by atoms with Gasteiger partial charge in [-0.15, -0.1) is 24.5 Å². The van der Waals surface area contributed by atoms with Crippen LogP contribution in [0.5, 0.6) is 5.75 Å². The molecule has 0 aliphatic heterocycles. The average molecular weight is 288 g/mol. The van der Waals surface area contributed by atoms with Gasteiger partial charge in [0.25, 0.3) is 0 Å². The molecule has 0 bridgehead atoms. The molecule has 0 aliphatic rings. The molecule has 0 radical (unpaired) electrons. The van der Waals surface area contributed by atoms with Crippen molar-refractivity contribution in [3.05, 3.63) is 45.9 Å². The minimum absolute atomic E-state index is 0.265. The molecule has 0 saturated heterocycles. The summed E-state index contributed by atoms with van der Waals surface area (Å²) in [5.41, 5.74) is 7.54. The molecule has 1 unspecified atom stereocenters. The number of alkyl halides is 3. The van der Waals surface area contributed by atoms with Crippen LogP contribution in [0.15, 0.2) is 29.6 Å². The second-order valence-corrected chi connectivity index (χ2v) is 4.81. The largest absolute Gasteiger partial charge is 0.573 e. The fourth-order valence-corrected chi connectivity index (χ4v) is 2.36. The SMILES string of the molecule is Cc1csc(C(N)c2ccc(OC(F)(F)F)cc2)n1. The monoisotopic (exact) mass is 288 g/mol. The van der Waals surface area contributed by atoms with Crippen molar-refractivity contribution < 1.29 is 17.9 Å². The summed E-state index contributed by atoms with van der Waals surface area (Å²) in [6, 6.07) is 5.04. The van der Waals surface area contributed by atoms with Gasteiger partial charge in [-0.25, -0.2) is 4.98 Å². The smallest absolute Gasteiger partial charge is 0.406 e. The summed E-state index contributed by atoms with van der Waals surface area (Å²) in [4.78, 5) is 4.25. The quantitative estimate of drug-likeness (QED) is 0.941. The van der Waals surface area contributed by atoms with Crippen LogP contribution < -0.4 is 10.5 Å². The third kappa shape index (κ3) is 3.68.